The summed E-state index contributed by atoms with van der Waals surface area (Å²) < 4.78 is 10.5. The van der Waals surface area contributed by atoms with Crippen molar-refractivity contribution in [2.75, 3.05) is 26.3 Å². The van der Waals surface area contributed by atoms with E-state index < -0.39 is 0 Å². The quantitative estimate of drug-likeness (QED) is 0.335. The molecule has 0 aromatic heterocycles. The van der Waals surface area contributed by atoms with Crippen LogP contribution in [-0.4, -0.2) is 44.2 Å². The second kappa shape index (κ2) is 13.6. The second-order valence-electron chi connectivity index (χ2n) is 5.29. The molecule has 0 aliphatic carbocycles. The Morgan fingerprint density at radius 3 is 1.54 bits per heavy atom. The van der Waals surface area contributed by atoms with Crippen molar-refractivity contribution in [2.45, 2.75) is 13.8 Å². The van der Waals surface area contributed by atoms with Crippen molar-refractivity contribution in [1.29, 1.82) is 0 Å². The molecule has 0 saturated carbocycles. The first kappa shape index (κ1) is 25.5. The molecular formula is C20H24CuN2O5. The summed E-state index contributed by atoms with van der Waals surface area (Å²) in [6.07, 6.45) is 3.05. The van der Waals surface area contributed by atoms with E-state index in [1.54, 1.807) is 36.4 Å². The van der Waals surface area contributed by atoms with Crippen molar-refractivity contribution in [1.82, 2.24) is 0 Å². The standard InChI is InChI=1S/C20H24N2O4.Cu.H2O/c1-3-25-17-9-5-7-15(19(17)23)13-21-11-12-22-14-16-8-6-10-18(20(16)24)26-4-2;;/h5-10,13-14,23-24H,3-4,11-12H2,1-2H3;;1H2/q;+2;/p-2. The zero-order chi connectivity index (χ0) is 18.8. The van der Waals surface area contributed by atoms with E-state index in [9.17, 15) is 10.2 Å². The minimum Gasteiger partial charge on any atom is -0.870 e. The van der Waals surface area contributed by atoms with Gasteiger partial charge in [-0.2, -0.15) is 0 Å². The van der Waals surface area contributed by atoms with Gasteiger partial charge in [-0.3, -0.25) is 9.98 Å². The molecule has 28 heavy (non-hydrogen) atoms. The summed E-state index contributed by atoms with van der Waals surface area (Å²) >= 11 is 0. The fourth-order valence-corrected chi connectivity index (χ4v) is 2.25. The minimum atomic E-state index is -0.176. The van der Waals surface area contributed by atoms with Gasteiger partial charge in [0.1, 0.15) is 11.5 Å². The van der Waals surface area contributed by atoms with Crippen molar-refractivity contribution in [2.24, 2.45) is 9.98 Å². The molecule has 0 fully saturated rings. The Morgan fingerprint density at radius 1 is 0.786 bits per heavy atom. The summed E-state index contributed by atoms with van der Waals surface area (Å²) in [7, 11) is 0. The van der Waals surface area contributed by atoms with E-state index in [1.807, 2.05) is 13.8 Å². The number of aliphatic imine (C=N–C) groups is 2. The maximum absolute atomic E-state index is 12.1. The smallest absolute Gasteiger partial charge is 0.870 e. The molecule has 2 aromatic carbocycles. The monoisotopic (exact) mass is 435 g/mol. The Bertz CT molecular complexity index is 716. The van der Waals surface area contributed by atoms with Gasteiger partial charge in [0.25, 0.3) is 0 Å². The second-order valence-corrected chi connectivity index (χ2v) is 5.29. The van der Waals surface area contributed by atoms with Crippen LogP contribution in [0.1, 0.15) is 25.0 Å². The van der Waals surface area contributed by atoms with Crippen LogP contribution in [0, 0.1) is 0 Å². The molecule has 2 N–H and O–H groups in total. The Hall–Kier alpha value is -2.54. The summed E-state index contributed by atoms with van der Waals surface area (Å²) in [5, 5.41) is 24.2. The van der Waals surface area contributed by atoms with Gasteiger partial charge in [0.2, 0.25) is 0 Å². The van der Waals surface area contributed by atoms with E-state index >= 15 is 0 Å². The van der Waals surface area contributed by atoms with E-state index in [0.717, 1.165) is 0 Å². The Balaban J connectivity index is 0.00000364. The SMILES string of the molecule is CCOc1cccc(C=NCCN=Cc2cccc(OCC)c2[O-])c1[O-].O.[Cu+2]. The fraction of sp³-hybridized carbons (Fsp3) is 0.300. The predicted octanol–water partition coefficient (Wildman–Crippen LogP) is 1.34. The predicted molar refractivity (Wildman–Crippen MR) is 103 cm³/mol. The number of hydrogen-bond donors (Lipinski definition) is 0. The number of ether oxygens (including phenoxy) is 2. The van der Waals surface area contributed by atoms with Gasteiger partial charge in [0.15, 0.2) is 0 Å². The van der Waals surface area contributed by atoms with Crippen LogP contribution < -0.4 is 19.7 Å². The number of benzene rings is 2. The molecule has 1 radical (unpaired) electrons. The van der Waals surface area contributed by atoms with Crippen molar-refractivity contribution in [3.63, 3.8) is 0 Å². The van der Waals surface area contributed by atoms with Crippen molar-refractivity contribution >= 4 is 12.4 Å². The largest absolute Gasteiger partial charge is 2.00 e. The summed E-state index contributed by atoms with van der Waals surface area (Å²) in [6.45, 7) is 5.36. The number of nitrogens with zero attached hydrogens (tertiary/aromatic N) is 2. The third-order valence-electron chi connectivity index (χ3n) is 3.44. The van der Waals surface area contributed by atoms with E-state index in [1.165, 1.54) is 12.4 Å². The maximum atomic E-state index is 12.1. The molecule has 0 heterocycles. The summed E-state index contributed by atoms with van der Waals surface area (Å²) in [5.41, 5.74) is 0.956. The van der Waals surface area contributed by atoms with Crippen LogP contribution in [0.25, 0.3) is 0 Å². The van der Waals surface area contributed by atoms with Crippen molar-refractivity contribution in [3.05, 3.63) is 47.5 Å². The van der Waals surface area contributed by atoms with Gasteiger partial charge >= 0.3 is 17.1 Å². The van der Waals surface area contributed by atoms with Crippen LogP contribution in [0.2, 0.25) is 0 Å². The zero-order valence-electron chi connectivity index (χ0n) is 15.8. The van der Waals surface area contributed by atoms with Gasteiger partial charge < -0.3 is 25.2 Å². The number of para-hydroxylation sites is 2. The van der Waals surface area contributed by atoms with Gasteiger partial charge in [-0.05, 0) is 37.1 Å². The first-order valence-electron chi connectivity index (χ1n) is 8.52. The summed E-state index contributed by atoms with van der Waals surface area (Å²) in [6, 6.07) is 10.2. The molecule has 2 aromatic rings. The van der Waals surface area contributed by atoms with Gasteiger partial charge in [-0.15, -0.1) is 0 Å². The third-order valence-corrected chi connectivity index (χ3v) is 3.44. The topological polar surface area (TPSA) is 121 Å². The number of rotatable bonds is 9. The Morgan fingerprint density at radius 2 is 1.18 bits per heavy atom. The van der Waals surface area contributed by atoms with Crippen LogP contribution in [-0.2, 0) is 17.1 Å². The van der Waals surface area contributed by atoms with Crippen LogP contribution in [0.5, 0.6) is 23.0 Å². The molecular weight excluding hydrogens is 412 g/mol. The maximum Gasteiger partial charge on any atom is 2.00 e. The minimum absolute atomic E-state index is 0. The molecule has 0 unspecified atom stereocenters. The van der Waals surface area contributed by atoms with E-state index in [2.05, 4.69) is 9.98 Å². The van der Waals surface area contributed by atoms with Gasteiger partial charge in [0.05, 0.1) is 26.3 Å². The molecule has 155 valence electrons. The van der Waals surface area contributed by atoms with Crippen LogP contribution in [0.3, 0.4) is 0 Å². The van der Waals surface area contributed by atoms with Crippen molar-refractivity contribution in [3.8, 4) is 23.0 Å². The zero-order valence-corrected chi connectivity index (χ0v) is 16.7. The van der Waals surface area contributed by atoms with Gasteiger partial charge in [0, 0.05) is 12.4 Å². The molecule has 2 rings (SSSR count). The van der Waals surface area contributed by atoms with Crippen LogP contribution >= 0.6 is 0 Å². The molecule has 0 bridgehead atoms. The van der Waals surface area contributed by atoms with E-state index in [0.29, 0.717) is 48.9 Å². The molecule has 0 spiro atoms. The van der Waals surface area contributed by atoms with E-state index in [-0.39, 0.29) is 34.0 Å². The Labute approximate surface area is 175 Å². The van der Waals surface area contributed by atoms with E-state index in [4.69, 9.17) is 9.47 Å². The third kappa shape index (κ3) is 7.23. The summed E-state index contributed by atoms with van der Waals surface area (Å²) in [5.74, 6) is 0.300. The summed E-state index contributed by atoms with van der Waals surface area (Å²) in [4.78, 5) is 8.41. The Kier molecular flexibility index (Phi) is 12.4. The average Bonchev–Trinajstić information content (AvgIpc) is 2.64. The van der Waals surface area contributed by atoms with Crippen molar-refractivity contribution < 1.29 is 42.2 Å². The molecule has 0 atom stereocenters. The van der Waals surface area contributed by atoms with Gasteiger partial charge in [-0.25, -0.2) is 0 Å². The average molecular weight is 436 g/mol. The molecule has 0 aliphatic heterocycles. The fourth-order valence-electron chi connectivity index (χ4n) is 2.25. The van der Waals surface area contributed by atoms with Gasteiger partial charge in [-0.1, -0.05) is 35.8 Å². The molecule has 0 amide bonds. The van der Waals surface area contributed by atoms with Crippen LogP contribution in [0.15, 0.2) is 46.4 Å². The molecule has 0 saturated heterocycles. The first-order chi connectivity index (χ1) is 12.7. The number of hydrogen-bond acceptors (Lipinski definition) is 6. The van der Waals surface area contributed by atoms with Crippen LogP contribution in [0.4, 0.5) is 0 Å². The molecule has 0 aliphatic rings. The molecule has 8 heteroatoms. The normalized spacial score (nSPS) is 10.5. The molecule has 7 nitrogen and oxygen atoms in total. The first-order valence-corrected chi connectivity index (χ1v) is 8.52.